The summed E-state index contributed by atoms with van der Waals surface area (Å²) >= 11 is 0. The third-order valence-corrected chi connectivity index (χ3v) is 3.83. The van der Waals surface area contributed by atoms with Crippen LogP contribution in [-0.4, -0.2) is 25.1 Å². The summed E-state index contributed by atoms with van der Waals surface area (Å²) in [6, 6.07) is 16.5. The van der Waals surface area contributed by atoms with Crippen molar-refractivity contribution in [3.8, 4) is 22.6 Å². The normalized spacial score (nSPS) is 11.7. The molecule has 0 unspecified atom stereocenters. The summed E-state index contributed by atoms with van der Waals surface area (Å²) in [7, 11) is 0. The highest BCUT2D eigenvalue weighted by Gasteiger charge is 2.38. The van der Waals surface area contributed by atoms with E-state index in [4.69, 9.17) is 0 Å². The van der Waals surface area contributed by atoms with Crippen molar-refractivity contribution in [3.63, 3.8) is 0 Å². The first-order valence-corrected chi connectivity index (χ1v) is 7.95. The minimum atomic E-state index is -4.66. The number of rotatable bonds is 4. The van der Waals surface area contributed by atoms with Crippen LogP contribution >= 0.6 is 0 Å². The second kappa shape index (κ2) is 6.67. The Balaban J connectivity index is 1.49. The Hall–Kier alpha value is -3.49. The fourth-order valence-electron chi connectivity index (χ4n) is 2.52. The molecule has 9 heteroatoms. The first-order chi connectivity index (χ1) is 13.0. The quantitative estimate of drug-likeness (QED) is 0.541. The molecule has 0 saturated carbocycles. The zero-order valence-electron chi connectivity index (χ0n) is 13.8. The van der Waals surface area contributed by atoms with Crippen molar-refractivity contribution in [1.29, 1.82) is 0 Å². The summed E-state index contributed by atoms with van der Waals surface area (Å²) in [5.41, 5.74) is 3.07. The second-order valence-electron chi connectivity index (χ2n) is 5.79. The molecule has 2 aromatic heterocycles. The van der Waals surface area contributed by atoms with Gasteiger partial charge in [-0.05, 0) is 5.56 Å². The minimum absolute atomic E-state index is 0.110. The summed E-state index contributed by atoms with van der Waals surface area (Å²) in [5, 5.41) is 11.6. The van der Waals surface area contributed by atoms with Crippen LogP contribution in [0.3, 0.4) is 0 Å². The van der Waals surface area contributed by atoms with E-state index >= 15 is 0 Å². The van der Waals surface area contributed by atoms with Crippen LogP contribution in [0.5, 0.6) is 0 Å². The van der Waals surface area contributed by atoms with Crippen molar-refractivity contribution in [2.24, 2.45) is 0 Å². The number of halogens is 3. The summed E-state index contributed by atoms with van der Waals surface area (Å²) in [6.07, 6.45) is -2.83. The van der Waals surface area contributed by atoms with Gasteiger partial charge >= 0.3 is 12.1 Å². The molecule has 0 bridgehead atoms. The van der Waals surface area contributed by atoms with Crippen molar-refractivity contribution in [2.45, 2.75) is 12.7 Å². The van der Waals surface area contributed by atoms with Gasteiger partial charge in [0.15, 0.2) is 0 Å². The lowest BCUT2D eigenvalue weighted by Gasteiger charge is -2.02. The van der Waals surface area contributed by atoms with E-state index in [0.29, 0.717) is 12.1 Å². The Morgan fingerprint density at radius 3 is 2.33 bits per heavy atom. The molecule has 136 valence electrons. The van der Waals surface area contributed by atoms with Crippen molar-refractivity contribution >= 4 is 0 Å². The van der Waals surface area contributed by atoms with Gasteiger partial charge in [-0.25, -0.2) is 4.68 Å². The maximum Gasteiger partial charge on any atom is 0.471 e. The zero-order chi connectivity index (χ0) is 18.9. The van der Waals surface area contributed by atoms with Crippen LogP contribution in [0.25, 0.3) is 22.6 Å². The van der Waals surface area contributed by atoms with Gasteiger partial charge in [0, 0.05) is 11.1 Å². The fourth-order valence-corrected chi connectivity index (χ4v) is 2.52. The SMILES string of the molecule is FC(F)(F)c1nc(-c2ccc(Cn3cc(-c4ccccc4)nn3)cc2)no1. The Kier molecular flexibility index (Phi) is 4.19. The lowest BCUT2D eigenvalue weighted by atomic mass is 10.1. The molecule has 0 amide bonds. The van der Waals surface area contributed by atoms with Gasteiger partial charge in [0.2, 0.25) is 5.82 Å². The fraction of sp³-hybridized carbons (Fsp3) is 0.111. The third-order valence-electron chi connectivity index (χ3n) is 3.83. The summed E-state index contributed by atoms with van der Waals surface area (Å²) in [4.78, 5) is 3.37. The van der Waals surface area contributed by atoms with Crippen LogP contribution in [0.4, 0.5) is 13.2 Å². The van der Waals surface area contributed by atoms with E-state index in [1.54, 1.807) is 28.9 Å². The molecule has 0 aliphatic rings. The largest absolute Gasteiger partial charge is 0.471 e. The smallest absolute Gasteiger partial charge is 0.329 e. The average Bonchev–Trinajstić information content (AvgIpc) is 3.33. The molecular formula is C18H12F3N5O. The van der Waals surface area contributed by atoms with Crippen molar-refractivity contribution in [1.82, 2.24) is 25.1 Å². The molecule has 4 aromatic rings. The average molecular weight is 371 g/mol. The van der Waals surface area contributed by atoms with Gasteiger partial charge in [0.1, 0.15) is 5.69 Å². The van der Waals surface area contributed by atoms with Crippen LogP contribution in [0.2, 0.25) is 0 Å². The highest BCUT2D eigenvalue weighted by molar-refractivity contribution is 5.57. The lowest BCUT2D eigenvalue weighted by Crippen LogP contribution is -2.04. The first kappa shape index (κ1) is 17.0. The van der Waals surface area contributed by atoms with Gasteiger partial charge in [-0.1, -0.05) is 65.0 Å². The summed E-state index contributed by atoms with van der Waals surface area (Å²) < 4.78 is 43.5. The van der Waals surface area contributed by atoms with Crippen LogP contribution in [0.15, 0.2) is 65.3 Å². The van der Waals surface area contributed by atoms with Crippen LogP contribution in [-0.2, 0) is 12.7 Å². The molecule has 0 spiro atoms. The predicted octanol–water partition coefficient (Wildman–Crippen LogP) is 4.06. The monoisotopic (exact) mass is 371 g/mol. The molecule has 0 fully saturated rings. The maximum atomic E-state index is 12.5. The molecule has 0 atom stereocenters. The topological polar surface area (TPSA) is 69.6 Å². The number of aromatic nitrogens is 5. The molecule has 0 aliphatic carbocycles. The number of hydrogen-bond donors (Lipinski definition) is 0. The van der Waals surface area contributed by atoms with E-state index in [0.717, 1.165) is 16.8 Å². The predicted molar refractivity (Wildman–Crippen MR) is 89.3 cm³/mol. The highest BCUT2D eigenvalue weighted by Crippen LogP contribution is 2.29. The molecule has 27 heavy (non-hydrogen) atoms. The first-order valence-electron chi connectivity index (χ1n) is 7.95. The van der Waals surface area contributed by atoms with E-state index in [1.807, 2.05) is 36.5 Å². The summed E-state index contributed by atoms with van der Waals surface area (Å²) in [5.74, 6) is -1.47. The van der Waals surface area contributed by atoms with Gasteiger partial charge in [0.05, 0.1) is 12.7 Å². The Morgan fingerprint density at radius 1 is 0.926 bits per heavy atom. The van der Waals surface area contributed by atoms with Crippen molar-refractivity contribution in [3.05, 3.63) is 72.2 Å². The maximum absolute atomic E-state index is 12.5. The molecule has 2 aromatic carbocycles. The van der Waals surface area contributed by atoms with Gasteiger partial charge in [-0.15, -0.1) is 5.10 Å². The van der Waals surface area contributed by atoms with Crippen LogP contribution in [0.1, 0.15) is 11.5 Å². The van der Waals surface area contributed by atoms with Gasteiger partial charge in [-0.2, -0.15) is 18.2 Å². The third kappa shape index (κ3) is 3.71. The number of benzene rings is 2. The van der Waals surface area contributed by atoms with E-state index in [1.165, 1.54) is 0 Å². The van der Waals surface area contributed by atoms with Gasteiger partial charge < -0.3 is 4.52 Å². The molecule has 4 rings (SSSR count). The standard InChI is InChI=1S/C18H12F3N5O/c19-18(20,21)17-22-16(24-27-17)14-8-6-12(7-9-14)10-26-11-15(23-25-26)13-4-2-1-3-5-13/h1-9,11H,10H2. The molecule has 2 heterocycles. The molecular weight excluding hydrogens is 359 g/mol. The Bertz CT molecular complexity index is 1040. The van der Waals surface area contributed by atoms with E-state index in [-0.39, 0.29) is 5.82 Å². The lowest BCUT2D eigenvalue weighted by molar-refractivity contribution is -0.159. The molecule has 6 nitrogen and oxygen atoms in total. The minimum Gasteiger partial charge on any atom is -0.329 e. The molecule has 0 radical (unpaired) electrons. The number of nitrogens with zero attached hydrogens (tertiary/aromatic N) is 5. The molecule has 0 aliphatic heterocycles. The Labute approximate surface area is 151 Å². The van der Waals surface area contributed by atoms with Crippen molar-refractivity contribution in [2.75, 3.05) is 0 Å². The van der Waals surface area contributed by atoms with E-state index in [9.17, 15) is 13.2 Å². The van der Waals surface area contributed by atoms with E-state index in [2.05, 4.69) is 25.0 Å². The number of hydrogen-bond acceptors (Lipinski definition) is 5. The van der Waals surface area contributed by atoms with E-state index < -0.39 is 12.1 Å². The van der Waals surface area contributed by atoms with Crippen LogP contribution in [0, 0.1) is 0 Å². The highest BCUT2D eigenvalue weighted by atomic mass is 19.4. The van der Waals surface area contributed by atoms with Crippen molar-refractivity contribution < 1.29 is 17.7 Å². The van der Waals surface area contributed by atoms with Crippen LogP contribution < -0.4 is 0 Å². The second-order valence-corrected chi connectivity index (χ2v) is 5.79. The van der Waals surface area contributed by atoms with Gasteiger partial charge in [0.25, 0.3) is 0 Å². The zero-order valence-corrected chi connectivity index (χ0v) is 13.8. The molecule has 0 N–H and O–H groups in total. The summed E-state index contributed by atoms with van der Waals surface area (Å²) in [6.45, 7) is 0.472. The van der Waals surface area contributed by atoms with Gasteiger partial charge in [-0.3, -0.25) is 0 Å². The molecule has 0 saturated heterocycles. The number of alkyl halides is 3. The Morgan fingerprint density at radius 2 is 1.67 bits per heavy atom.